The summed E-state index contributed by atoms with van der Waals surface area (Å²) in [6.07, 6.45) is 0. The summed E-state index contributed by atoms with van der Waals surface area (Å²) in [4.78, 5) is 0. The SMILES string of the molecule is Nc1c(Cl)cc(F)cc1-c1ccccc1F. The molecule has 0 aliphatic heterocycles. The van der Waals surface area contributed by atoms with Gasteiger partial charge >= 0.3 is 0 Å². The molecule has 0 aliphatic carbocycles. The summed E-state index contributed by atoms with van der Waals surface area (Å²) in [7, 11) is 0. The highest BCUT2D eigenvalue weighted by atomic mass is 35.5. The number of benzene rings is 2. The van der Waals surface area contributed by atoms with Crippen LogP contribution in [0, 0.1) is 11.6 Å². The zero-order valence-electron chi connectivity index (χ0n) is 8.18. The molecule has 82 valence electrons. The Morgan fingerprint density at radius 1 is 1.00 bits per heavy atom. The van der Waals surface area contributed by atoms with Crippen molar-refractivity contribution < 1.29 is 8.78 Å². The van der Waals surface area contributed by atoms with Crippen molar-refractivity contribution in [2.45, 2.75) is 0 Å². The van der Waals surface area contributed by atoms with E-state index in [0.717, 1.165) is 6.07 Å². The van der Waals surface area contributed by atoms with E-state index < -0.39 is 11.6 Å². The van der Waals surface area contributed by atoms with E-state index in [1.807, 2.05) is 0 Å². The van der Waals surface area contributed by atoms with Crippen molar-refractivity contribution in [3.8, 4) is 11.1 Å². The van der Waals surface area contributed by atoms with Gasteiger partial charge in [0.1, 0.15) is 11.6 Å². The number of nitrogens with two attached hydrogens (primary N) is 1. The van der Waals surface area contributed by atoms with E-state index >= 15 is 0 Å². The molecule has 0 fully saturated rings. The summed E-state index contributed by atoms with van der Waals surface area (Å²) in [5, 5.41) is 0.0817. The van der Waals surface area contributed by atoms with Gasteiger partial charge < -0.3 is 5.73 Å². The van der Waals surface area contributed by atoms with Crippen molar-refractivity contribution >= 4 is 17.3 Å². The van der Waals surface area contributed by atoms with Crippen molar-refractivity contribution in [3.05, 3.63) is 53.1 Å². The lowest BCUT2D eigenvalue weighted by Gasteiger charge is -2.08. The third-order valence-electron chi connectivity index (χ3n) is 2.26. The van der Waals surface area contributed by atoms with Crippen molar-refractivity contribution in [2.24, 2.45) is 0 Å². The molecule has 16 heavy (non-hydrogen) atoms. The molecule has 0 unspecified atom stereocenters. The van der Waals surface area contributed by atoms with Crippen molar-refractivity contribution in [3.63, 3.8) is 0 Å². The quantitative estimate of drug-likeness (QED) is 0.751. The Labute approximate surface area is 96.5 Å². The molecule has 0 bridgehead atoms. The fourth-order valence-corrected chi connectivity index (χ4v) is 1.69. The molecule has 0 heterocycles. The Morgan fingerprint density at radius 2 is 1.69 bits per heavy atom. The molecule has 2 N–H and O–H groups in total. The second kappa shape index (κ2) is 4.10. The predicted molar refractivity (Wildman–Crippen MR) is 61.2 cm³/mol. The third kappa shape index (κ3) is 1.86. The molecule has 0 amide bonds. The zero-order valence-corrected chi connectivity index (χ0v) is 8.93. The molecule has 1 nitrogen and oxygen atoms in total. The van der Waals surface area contributed by atoms with Crippen LogP contribution in [0.5, 0.6) is 0 Å². The largest absolute Gasteiger partial charge is 0.397 e. The first-order valence-electron chi connectivity index (χ1n) is 4.59. The van der Waals surface area contributed by atoms with Crippen LogP contribution in [0.3, 0.4) is 0 Å². The molecule has 0 atom stereocenters. The third-order valence-corrected chi connectivity index (χ3v) is 2.57. The minimum atomic E-state index is -0.544. The number of anilines is 1. The Kier molecular flexibility index (Phi) is 2.79. The summed E-state index contributed by atoms with van der Waals surface area (Å²) in [6.45, 7) is 0. The smallest absolute Gasteiger partial charge is 0.131 e. The van der Waals surface area contributed by atoms with Gasteiger partial charge in [-0.2, -0.15) is 0 Å². The Balaban J connectivity index is 2.69. The van der Waals surface area contributed by atoms with E-state index in [2.05, 4.69) is 0 Å². The van der Waals surface area contributed by atoms with Crippen LogP contribution in [0.15, 0.2) is 36.4 Å². The van der Waals surface area contributed by atoms with Crippen LogP contribution >= 0.6 is 11.6 Å². The van der Waals surface area contributed by atoms with E-state index in [-0.39, 0.29) is 21.8 Å². The van der Waals surface area contributed by atoms with Gasteiger partial charge in [0.05, 0.1) is 10.7 Å². The number of halogens is 3. The first-order chi connectivity index (χ1) is 7.59. The van der Waals surface area contributed by atoms with Crippen LogP contribution in [0.4, 0.5) is 14.5 Å². The molecule has 2 rings (SSSR count). The zero-order chi connectivity index (χ0) is 11.7. The standard InChI is InChI=1S/C12H8ClF2N/c13-10-6-7(14)5-9(12(10)16)8-3-1-2-4-11(8)15/h1-6H,16H2. The topological polar surface area (TPSA) is 26.0 Å². The molecule has 0 aliphatic rings. The highest BCUT2D eigenvalue weighted by Crippen LogP contribution is 2.33. The minimum Gasteiger partial charge on any atom is -0.397 e. The molecular formula is C12H8ClF2N. The highest BCUT2D eigenvalue weighted by Gasteiger charge is 2.11. The highest BCUT2D eigenvalue weighted by molar-refractivity contribution is 6.33. The lowest BCUT2D eigenvalue weighted by Crippen LogP contribution is -1.94. The van der Waals surface area contributed by atoms with Crippen LogP contribution in [-0.2, 0) is 0 Å². The van der Waals surface area contributed by atoms with Crippen molar-refractivity contribution in [1.29, 1.82) is 0 Å². The number of rotatable bonds is 1. The fourth-order valence-electron chi connectivity index (χ4n) is 1.49. The molecule has 0 aromatic heterocycles. The maximum absolute atomic E-state index is 13.5. The van der Waals surface area contributed by atoms with Crippen molar-refractivity contribution in [2.75, 3.05) is 5.73 Å². The first kappa shape index (κ1) is 10.9. The average molecular weight is 240 g/mol. The van der Waals surface area contributed by atoms with Gasteiger partial charge in [-0.3, -0.25) is 0 Å². The molecule has 0 saturated heterocycles. The number of hydrogen-bond donors (Lipinski definition) is 1. The summed E-state index contributed by atoms with van der Waals surface area (Å²) in [6, 6.07) is 8.28. The maximum atomic E-state index is 13.5. The summed E-state index contributed by atoms with van der Waals surface area (Å²) < 4.78 is 26.7. The van der Waals surface area contributed by atoms with E-state index in [0.29, 0.717) is 0 Å². The molecular weight excluding hydrogens is 232 g/mol. The van der Waals surface area contributed by atoms with Crippen LogP contribution in [-0.4, -0.2) is 0 Å². The molecule has 2 aromatic rings. The fraction of sp³-hybridized carbons (Fsp3) is 0. The van der Waals surface area contributed by atoms with Crippen LogP contribution in [0.25, 0.3) is 11.1 Å². The van der Waals surface area contributed by atoms with Gasteiger partial charge in [0.15, 0.2) is 0 Å². The second-order valence-corrected chi connectivity index (χ2v) is 3.74. The maximum Gasteiger partial charge on any atom is 0.131 e. The van der Waals surface area contributed by atoms with Crippen LogP contribution in [0.1, 0.15) is 0 Å². The van der Waals surface area contributed by atoms with Gasteiger partial charge in [0.2, 0.25) is 0 Å². The lowest BCUT2D eigenvalue weighted by atomic mass is 10.0. The van der Waals surface area contributed by atoms with Crippen LogP contribution in [0.2, 0.25) is 5.02 Å². The summed E-state index contributed by atoms with van der Waals surface area (Å²) in [5.41, 5.74) is 6.37. The average Bonchev–Trinajstić information content (AvgIpc) is 2.24. The van der Waals surface area contributed by atoms with Crippen LogP contribution < -0.4 is 5.73 Å². The van der Waals surface area contributed by atoms with E-state index in [1.54, 1.807) is 12.1 Å². The number of hydrogen-bond acceptors (Lipinski definition) is 1. The van der Waals surface area contributed by atoms with E-state index in [1.165, 1.54) is 18.2 Å². The van der Waals surface area contributed by atoms with Gasteiger partial charge in [-0.1, -0.05) is 29.8 Å². The Morgan fingerprint density at radius 3 is 2.38 bits per heavy atom. The Hall–Kier alpha value is -1.61. The molecule has 0 spiro atoms. The summed E-state index contributed by atoms with van der Waals surface area (Å²) in [5.74, 6) is -1.01. The summed E-state index contributed by atoms with van der Waals surface area (Å²) >= 11 is 5.73. The van der Waals surface area contributed by atoms with Gasteiger partial charge in [-0.05, 0) is 18.2 Å². The lowest BCUT2D eigenvalue weighted by molar-refractivity contribution is 0.625. The second-order valence-electron chi connectivity index (χ2n) is 3.33. The van der Waals surface area contributed by atoms with Crippen molar-refractivity contribution in [1.82, 2.24) is 0 Å². The number of nitrogen functional groups attached to an aromatic ring is 1. The van der Waals surface area contributed by atoms with Gasteiger partial charge in [0.25, 0.3) is 0 Å². The molecule has 0 radical (unpaired) electrons. The van der Waals surface area contributed by atoms with Gasteiger partial charge in [0, 0.05) is 11.1 Å². The Bertz CT molecular complexity index is 541. The first-order valence-corrected chi connectivity index (χ1v) is 4.97. The van der Waals surface area contributed by atoms with Gasteiger partial charge in [-0.15, -0.1) is 0 Å². The van der Waals surface area contributed by atoms with E-state index in [9.17, 15) is 8.78 Å². The monoisotopic (exact) mass is 239 g/mol. The molecule has 4 heteroatoms. The normalized spacial score (nSPS) is 10.4. The van der Waals surface area contributed by atoms with Gasteiger partial charge in [-0.25, -0.2) is 8.78 Å². The minimum absolute atomic E-state index is 0.0817. The molecule has 0 saturated carbocycles. The predicted octanol–water partition coefficient (Wildman–Crippen LogP) is 3.87. The molecule has 2 aromatic carbocycles. The van der Waals surface area contributed by atoms with E-state index in [4.69, 9.17) is 17.3 Å².